The molecular weight excluding hydrogens is 332 g/mol. The number of rotatable bonds is 2. The van der Waals surface area contributed by atoms with Crippen molar-refractivity contribution in [2.45, 2.75) is 25.4 Å². The van der Waals surface area contributed by atoms with E-state index < -0.39 is 0 Å². The Balaban J connectivity index is 1.56. The maximum Gasteiger partial charge on any atom is 0.310 e. The number of nitriles is 2. The minimum absolute atomic E-state index is 0.0126. The van der Waals surface area contributed by atoms with Gasteiger partial charge in [0.15, 0.2) is 12.0 Å². The third-order valence-corrected chi connectivity index (χ3v) is 5.33. The van der Waals surface area contributed by atoms with Gasteiger partial charge in [0.05, 0.1) is 12.2 Å². The van der Waals surface area contributed by atoms with Crippen LogP contribution in [0.5, 0.6) is 0 Å². The summed E-state index contributed by atoms with van der Waals surface area (Å²) in [5, 5.41) is 18.2. The predicted molar refractivity (Wildman–Crippen MR) is 89.2 cm³/mol. The van der Waals surface area contributed by atoms with Crippen LogP contribution in [-0.2, 0) is 0 Å². The van der Waals surface area contributed by atoms with E-state index in [4.69, 9.17) is 9.68 Å². The molecule has 2 aliphatic heterocycles. The summed E-state index contributed by atoms with van der Waals surface area (Å²) in [5.41, 5.74) is 0.915. The van der Waals surface area contributed by atoms with Crippen LogP contribution in [0.15, 0.2) is 28.9 Å². The molecule has 2 saturated heterocycles. The summed E-state index contributed by atoms with van der Waals surface area (Å²) >= 11 is 0. The van der Waals surface area contributed by atoms with Gasteiger partial charge in [-0.15, -0.1) is 0 Å². The van der Waals surface area contributed by atoms with Crippen LogP contribution in [-0.4, -0.2) is 50.8 Å². The van der Waals surface area contributed by atoms with Gasteiger partial charge >= 0.3 is 5.91 Å². The second kappa shape index (κ2) is 6.16. The van der Waals surface area contributed by atoms with Crippen LogP contribution in [0.4, 0.5) is 0 Å². The minimum Gasteiger partial charge on any atom is -0.432 e. The molecule has 0 saturated carbocycles. The van der Waals surface area contributed by atoms with Gasteiger partial charge in [0.1, 0.15) is 11.8 Å². The number of hydrogen-bond acceptors (Lipinski definition) is 7. The van der Waals surface area contributed by atoms with E-state index in [1.165, 1.54) is 12.4 Å². The molecule has 26 heavy (non-hydrogen) atoms. The molecule has 0 N–H and O–H groups in total. The molecule has 130 valence electrons. The highest BCUT2D eigenvalue weighted by Crippen LogP contribution is 2.36. The first-order valence-corrected chi connectivity index (χ1v) is 8.42. The Hall–Kier alpha value is -3.39. The highest BCUT2D eigenvalue weighted by atomic mass is 16.4. The smallest absolute Gasteiger partial charge is 0.310 e. The zero-order valence-electron chi connectivity index (χ0n) is 14.2. The van der Waals surface area contributed by atoms with E-state index in [1.54, 1.807) is 21.9 Å². The molecule has 8 nitrogen and oxygen atoms in total. The molecule has 2 aromatic heterocycles. The van der Waals surface area contributed by atoms with Gasteiger partial charge < -0.3 is 14.2 Å². The fourth-order valence-corrected chi connectivity index (χ4v) is 3.93. The van der Waals surface area contributed by atoms with Gasteiger partial charge in [0.25, 0.3) is 5.89 Å². The molecule has 2 aromatic rings. The van der Waals surface area contributed by atoms with Crippen molar-refractivity contribution in [3.8, 4) is 23.6 Å². The number of carbonyl (C=O) groups is 1. The highest BCUT2D eigenvalue weighted by Gasteiger charge is 2.48. The first-order chi connectivity index (χ1) is 12.6. The van der Waals surface area contributed by atoms with E-state index in [-0.39, 0.29) is 29.6 Å². The molecule has 0 aliphatic carbocycles. The highest BCUT2D eigenvalue weighted by molar-refractivity contribution is 5.90. The van der Waals surface area contributed by atoms with Crippen LogP contribution in [0, 0.1) is 28.7 Å². The lowest BCUT2D eigenvalue weighted by Crippen LogP contribution is -2.39. The largest absolute Gasteiger partial charge is 0.432 e. The molecule has 1 unspecified atom stereocenters. The molecule has 3 atom stereocenters. The number of pyridine rings is 1. The van der Waals surface area contributed by atoms with Gasteiger partial charge in [-0.05, 0) is 25.5 Å². The van der Waals surface area contributed by atoms with Crippen LogP contribution >= 0.6 is 0 Å². The second-order valence-electron chi connectivity index (χ2n) is 6.58. The summed E-state index contributed by atoms with van der Waals surface area (Å²) in [5.74, 6) is 0.484. The van der Waals surface area contributed by atoms with E-state index in [9.17, 15) is 10.1 Å². The van der Waals surface area contributed by atoms with Crippen molar-refractivity contribution in [1.82, 2.24) is 19.8 Å². The van der Waals surface area contributed by atoms with Gasteiger partial charge in [-0.2, -0.15) is 10.5 Å². The average molecular weight is 348 g/mol. The summed E-state index contributed by atoms with van der Waals surface area (Å²) in [6.45, 7) is 3.22. The first-order valence-electron chi connectivity index (χ1n) is 8.42. The second-order valence-corrected chi connectivity index (χ2v) is 6.58. The number of oxazole rings is 1. The van der Waals surface area contributed by atoms with Crippen LogP contribution < -0.4 is 0 Å². The zero-order valence-corrected chi connectivity index (χ0v) is 14.2. The van der Waals surface area contributed by atoms with Crippen LogP contribution in [0.3, 0.4) is 0 Å². The van der Waals surface area contributed by atoms with Gasteiger partial charge in [-0.1, -0.05) is 0 Å². The van der Waals surface area contributed by atoms with E-state index in [1.807, 2.05) is 13.0 Å². The van der Waals surface area contributed by atoms with Crippen molar-refractivity contribution < 1.29 is 9.21 Å². The molecular formula is C18H16N6O2. The topological polar surface area (TPSA) is 110 Å². The van der Waals surface area contributed by atoms with Crippen molar-refractivity contribution in [3.63, 3.8) is 0 Å². The third kappa shape index (κ3) is 2.47. The van der Waals surface area contributed by atoms with E-state index >= 15 is 0 Å². The lowest BCUT2D eigenvalue weighted by atomic mass is 9.98. The van der Waals surface area contributed by atoms with Crippen molar-refractivity contribution >= 4 is 5.91 Å². The Kier molecular flexibility index (Phi) is 3.81. The lowest BCUT2D eigenvalue weighted by Gasteiger charge is -2.22. The number of likely N-dealkylation sites (tertiary alicyclic amines) is 2. The van der Waals surface area contributed by atoms with E-state index in [0.717, 1.165) is 6.42 Å². The number of hydrogen-bond donors (Lipinski definition) is 0. The average Bonchev–Trinajstić information content (AvgIpc) is 3.38. The Bertz CT molecular complexity index is 940. The van der Waals surface area contributed by atoms with Gasteiger partial charge in [0.2, 0.25) is 0 Å². The molecule has 0 radical (unpaired) electrons. The Morgan fingerprint density at radius 1 is 1.38 bits per heavy atom. The quantitative estimate of drug-likeness (QED) is 0.758. The first kappa shape index (κ1) is 16.1. The fourth-order valence-electron chi connectivity index (χ4n) is 3.93. The number of fused-ring (bicyclic) bond motifs is 1. The maximum absolute atomic E-state index is 12.9. The fraction of sp³-hybridized carbons (Fsp3) is 0.389. The van der Waals surface area contributed by atoms with Crippen molar-refractivity contribution in [1.29, 1.82) is 10.5 Å². The molecule has 4 rings (SSSR count). The summed E-state index contributed by atoms with van der Waals surface area (Å²) < 4.78 is 5.65. The van der Waals surface area contributed by atoms with Gasteiger partial charge in [0, 0.05) is 36.8 Å². The number of nitrogens with zero attached hydrogens (tertiary/aromatic N) is 6. The van der Waals surface area contributed by atoms with Crippen molar-refractivity contribution in [2.24, 2.45) is 5.92 Å². The Labute approximate surface area is 150 Å². The van der Waals surface area contributed by atoms with Gasteiger partial charge in [-0.3, -0.25) is 4.79 Å². The lowest BCUT2D eigenvalue weighted by molar-refractivity contribution is 0.0692. The maximum atomic E-state index is 12.9. The SMILES string of the molecule is CC1[C@@H]2CCN(C(=O)c3ncc(-c4ccnc(C#N)c4)o3)[C@@H]2CN1C#N. The van der Waals surface area contributed by atoms with Gasteiger partial charge in [-0.25, -0.2) is 9.97 Å². The summed E-state index contributed by atoms with van der Waals surface area (Å²) in [7, 11) is 0. The van der Waals surface area contributed by atoms with Crippen LogP contribution in [0.25, 0.3) is 11.3 Å². The third-order valence-electron chi connectivity index (χ3n) is 5.33. The summed E-state index contributed by atoms with van der Waals surface area (Å²) in [6, 6.07) is 5.41. The monoisotopic (exact) mass is 348 g/mol. The predicted octanol–water partition coefficient (Wildman–Crippen LogP) is 1.62. The molecule has 0 bridgehead atoms. The summed E-state index contributed by atoms with van der Waals surface area (Å²) in [6.07, 6.45) is 6.07. The normalized spacial score (nSPS) is 24.2. The molecule has 0 spiro atoms. The van der Waals surface area contributed by atoms with Crippen molar-refractivity contribution in [3.05, 3.63) is 36.1 Å². The van der Waals surface area contributed by atoms with E-state index in [0.29, 0.717) is 30.3 Å². The van der Waals surface area contributed by atoms with Crippen LogP contribution in [0.1, 0.15) is 29.7 Å². The number of aromatic nitrogens is 2. The molecule has 8 heteroatoms. The molecule has 4 heterocycles. The minimum atomic E-state index is -0.259. The van der Waals surface area contributed by atoms with Crippen molar-refractivity contribution in [2.75, 3.05) is 13.1 Å². The molecule has 2 aliphatic rings. The molecule has 2 fully saturated rings. The Morgan fingerprint density at radius 3 is 3.00 bits per heavy atom. The zero-order chi connectivity index (χ0) is 18.3. The Morgan fingerprint density at radius 2 is 2.23 bits per heavy atom. The van der Waals surface area contributed by atoms with Crippen LogP contribution in [0.2, 0.25) is 0 Å². The standard InChI is InChI=1S/C18H16N6O2/c1-11-14-3-5-24(15(14)9-23(11)10-20)18(25)17-22-8-16(26-17)12-2-4-21-13(6-12)7-19/h2,4,6,8,11,14-15H,3,5,9H2,1H3/t11?,14-,15+/m0/s1. The van der Waals surface area contributed by atoms with E-state index in [2.05, 4.69) is 16.2 Å². The molecule has 0 aromatic carbocycles. The number of amides is 1. The summed E-state index contributed by atoms with van der Waals surface area (Å²) in [4.78, 5) is 24.4. The number of carbonyl (C=O) groups excluding carboxylic acids is 1. The molecule has 1 amide bonds.